The van der Waals surface area contributed by atoms with Crippen molar-refractivity contribution in [3.8, 4) is 46.0 Å². The van der Waals surface area contributed by atoms with Crippen molar-refractivity contribution in [2.75, 3.05) is 108 Å². The number of rotatable bonds is 16. The number of fused-ring (bicyclic) bond motifs is 6. The molecule has 4 saturated heterocycles. The van der Waals surface area contributed by atoms with Gasteiger partial charge < -0.3 is 44.1 Å². The third-order valence-electron chi connectivity index (χ3n) is 21.2. The third-order valence-corrected chi connectivity index (χ3v) is 21.2. The second-order valence-corrected chi connectivity index (χ2v) is 26.9. The molecule has 492 valence electrons. The standard InChI is InChI=1S/C37H43F2N5O3.C35H41F2N5O4/c1-2-26-29(38)10-9-24-18-25(45)19-27(31(24)26)33-32(39)34-28(20-40-33)35(43-14-5-16-46-17-15-43)42-36(41-34)47-22-37-11-3-6-30(37)44(13-4-12-37)21-23-7-8-23;1-2-24-27(36)8-7-22-18-23(44)19-25(29(22)24)31-30(37)32-26(20-38-31)33(42-12-5-16-45-17-14-42)40-34(39-32)46-21-35-9-3-6-28(35)41(13-15-43)11-4-10-35/h9-10,18-20,23,30,45H,2-8,11-17,21-22H2,1H3;7-8,18-20,28,43-44H,2-6,9-17,21H2,1H3. The molecule has 4 aliphatic heterocycles. The summed E-state index contributed by atoms with van der Waals surface area (Å²) < 4.78 is 88.1. The first-order chi connectivity index (χ1) is 45.4. The predicted molar refractivity (Wildman–Crippen MR) is 350 cm³/mol. The summed E-state index contributed by atoms with van der Waals surface area (Å²) in [5.41, 5.74) is 1.62. The lowest BCUT2D eigenvalue weighted by atomic mass is 9.75. The van der Waals surface area contributed by atoms with Crippen LogP contribution in [0.4, 0.5) is 29.2 Å². The molecular weight excluding hydrogens is 1190 g/mol. The number of β-amino-alcohol motifs (C(OH)–C–C–N with tert-alkyl or cyclic N) is 1. The van der Waals surface area contributed by atoms with E-state index >= 15 is 13.2 Å². The van der Waals surface area contributed by atoms with E-state index in [9.17, 15) is 19.7 Å². The van der Waals surface area contributed by atoms with Crippen LogP contribution in [0.1, 0.15) is 115 Å². The van der Waals surface area contributed by atoms with Crippen LogP contribution in [0.2, 0.25) is 0 Å². The van der Waals surface area contributed by atoms with Gasteiger partial charge >= 0.3 is 12.0 Å². The SMILES string of the molecule is CCc1c(F)ccc2cc(O)cc(-c3ncc4c(N5CCCOCC5)nc(OCC56CCCC5N(CC5CC5)CCC6)nc4c3F)c12.CCc1c(F)ccc2cc(O)cc(-c3ncc4c(N5CCCOCC5)nc(OCC56CCCC5N(CCO)CCC6)nc4c3F)c12. The minimum absolute atomic E-state index is 0.00551. The number of phenolic OH excluding ortho intramolecular Hbond substituents is 2. The number of hydrogen-bond acceptors (Lipinski definition) is 17. The first-order valence-electron chi connectivity index (χ1n) is 34.0. The molecule has 3 aliphatic carbocycles. The Morgan fingerprint density at radius 2 is 1.02 bits per heavy atom. The Hall–Kier alpha value is -7.30. The number of aryl methyl sites for hydroxylation is 2. The second kappa shape index (κ2) is 26.8. The minimum atomic E-state index is -0.682. The molecule has 7 fully saturated rings. The number of likely N-dealkylation sites (tertiary alicyclic amines) is 2. The molecule has 8 aromatic rings. The summed E-state index contributed by atoms with van der Waals surface area (Å²) in [5.74, 6) is -0.253. The van der Waals surface area contributed by atoms with Gasteiger partial charge in [-0.2, -0.15) is 19.9 Å². The van der Waals surface area contributed by atoms with Gasteiger partial charge in [-0.1, -0.05) is 38.8 Å². The minimum Gasteiger partial charge on any atom is -0.508 e. The molecule has 4 aromatic heterocycles. The number of nitrogens with zero attached hydrogens (tertiary/aromatic N) is 10. The highest BCUT2D eigenvalue weighted by molar-refractivity contribution is 6.03. The zero-order chi connectivity index (χ0) is 64.0. The van der Waals surface area contributed by atoms with E-state index in [2.05, 4.69) is 34.6 Å². The second-order valence-electron chi connectivity index (χ2n) is 26.9. The maximum absolute atomic E-state index is 16.9. The summed E-state index contributed by atoms with van der Waals surface area (Å²) in [6.45, 7) is 13.6. The van der Waals surface area contributed by atoms with E-state index in [0.29, 0.717) is 163 Å². The fourth-order valence-electron chi connectivity index (χ4n) is 16.7. The lowest BCUT2D eigenvalue weighted by Gasteiger charge is -2.46. The zero-order valence-corrected chi connectivity index (χ0v) is 53.4. The van der Waals surface area contributed by atoms with E-state index in [0.717, 1.165) is 83.2 Å². The molecule has 4 unspecified atom stereocenters. The van der Waals surface area contributed by atoms with Gasteiger partial charge in [0.05, 0.1) is 43.8 Å². The summed E-state index contributed by atoms with van der Waals surface area (Å²) in [6, 6.07) is 13.0. The van der Waals surface area contributed by atoms with Gasteiger partial charge in [0.25, 0.3) is 0 Å². The van der Waals surface area contributed by atoms with Crippen molar-refractivity contribution in [1.82, 2.24) is 39.7 Å². The fraction of sp³-hybridized carbons (Fsp3) is 0.528. The highest BCUT2D eigenvalue weighted by atomic mass is 19.1. The quantitative estimate of drug-likeness (QED) is 0.0774. The number of piperidine rings is 2. The molecular formula is C72H84F4N10O7. The Morgan fingerprint density at radius 3 is 1.49 bits per heavy atom. The average Bonchev–Trinajstić information content (AvgIpc) is 1.68. The predicted octanol–water partition coefficient (Wildman–Crippen LogP) is 12.7. The Balaban J connectivity index is 0.000000161. The summed E-state index contributed by atoms with van der Waals surface area (Å²) in [6.07, 6.45) is 19.2. The number of ether oxygens (including phenoxy) is 4. The number of aromatic nitrogens is 6. The van der Waals surface area contributed by atoms with Gasteiger partial charge in [-0.05, 0) is 178 Å². The Kier molecular flexibility index (Phi) is 18.2. The lowest BCUT2D eigenvalue weighted by molar-refractivity contribution is -0.00682. The molecule has 4 aromatic carbocycles. The van der Waals surface area contributed by atoms with E-state index in [-0.39, 0.29) is 69.2 Å². The van der Waals surface area contributed by atoms with Gasteiger partial charge in [0, 0.05) is 98.9 Å². The molecule has 3 N–H and O–H groups in total. The maximum atomic E-state index is 16.9. The monoisotopic (exact) mass is 1280 g/mol. The number of pyridine rings is 2. The average molecular weight is 1280 g/mol. The van der Waals surface area contributed by atoms with Crippen molar-refractivity contribution in [3.63, 3.8) is 0 Å². The smallest absolute Gasteiger partial charge is 0.319 e. The number of benzene rings is 4. The molecule has 0 bridgehead atoms. The van der Waals surface area contributed by atoms with Crippen LogP contribution in [0.3, 0.4) is 0 Å². The Morgan fingerprint density at radius 1 is 0.548 bits per heavy atom. The molecule has 21 heteroatoms. The van der Waals surface area contributed by atoms with Crippen LogP contribution in [-0.2, 0) is 22.3 Å². The highest BCUT2D eigenvalue weighted by Crippen LogP contribution is 2.51. The van der Waals surface area contributed by atoms with Crippen LogP contribution in [0.15, 0.2) is 60.9 Å². The fourth-order valence-corrected chi connectivity index (χ4v) is 16.7. The molecule has 0 radical (unpaired) electrons. The summed E-state index contributed by atoms with van der Waals surface area (Å²) in [7, 11) is 0. The van der Waals surface area contributed by atoms with Crippen molar-refractivity contribution in [3.05, 3.63) is 95.3 Å². The third kappa shape index (κ3) is 12.3. The number of phenols is 2. The van der Waals surface area contributed by atoms with Crippen LogP contribution < -0.4 is 19.3 Å². The lowest BCUT2D eigenvalue weighted by Crippen LogP contribution is -2.52. The molecule has 15 rings (SSSR count). The summed E-state index contributed by atoms with van der Waals surface area (Å²) >= 11 is 0. The topological polar surface area (TPSA) is 188 Å². The van der Waals surface area contributed by atoms with Gasteiger partial charge in [0.1, 0.15) is 57.2 Å². The number of aliphatic hydroxyl groups is 1. The molecule has 7 aliphatic rings. The number of aliphatic hydroxyl groups excluding tert-OH is 1. The van der Waals surface area contributed by atoms with Crippen molar-refractivity contribution in [1.29, 1.82) is 0 Å². The van der Waals surface area contributed by atoms with E-state index in [1.807, 2.05) is 13.8 Å². The zero-order valence-electron chi connectivity index (χ0n) is 53.4. The molecule has 3 saturated carbocycles. The van der Waals surface area contributed by atoms with Crippen molar-refractivity contribution in [2.45, 2.75) is 129 Å². The van der Waals surface area contributed by atoms with Gasteiger partial charge in [0.2, 0.25) is 0 Å². The Bertz CT molecular complexity index is 4070. The molecule has 0 spiro atoms. The first kappa shape index (κ1) is 63.1. The van der Waals surface area contributed by atoms with Crippen LogP contribution in [0, 0.1) is 40.0 Å². The summed E-state index contributed by atoms with van der Waals surface area (Å²) in [4.78, 5) is 37.6. The first-order valence-corrected chi connectivity index (χ1v) is 34.0. The van der Waals surface area contributed by atoms with Crippen LogP contribution in [-0.4, -0.2) is 166 Å². The van der Waals surface area contributed by atoms with E-state index < -0.39 is 17.5 Å². The molecule has 0 amide bonds. The number of halogens is 4. The van der Waals surface area contributed by atoms with Gasteiger partial charge in [-0.3, -0.25) is 19.8 Å². The van der Waals surface area contributed by atoms with Crippen molar-refractivity contribution >= 4 is 55.0 Å². The number of anilines is 2. The number of aromatic hydroxyl groups is 2. The normalized spacial score (nSPS) is 23.0. The van der Waals surface area contributed by atoms with E-state index in [1.165, 1.54) is 56.5 Å². The van der Waals surface area contributed by atoms with Crippen LogP contribution in [0.25, 0.3) is 65.9 Å². The number of hydrogen-bond donors (Lipinski definition) is 3. The van der Waals surface area contributed by atoms with Crippen LogP contribution in [0.5, 0.6) is 23.5 Å². The summed E-state index contributed by atoms with van der Waals surface area (Å²) in [5, 5.41) is 34.1. The maximum Gasteiger partial charge on any atom is 0.319 e. The van der Waals surface area contributed by atoms with Gasteiger partial charge in [0.15, 0.2) is 11.6 Å². The molecule has 17 nitrogen and oxygen atoms in total. The highest BCUT2D eigenvalue weighted by Gasteiger charge is 2.50. The largest absolute Gasteiger partial charge is 0.508 e. The van der Waals surface area contributed by atoms with Crippen molar-refractivity contribution < 1.29 is 51.8 Å². The Labute approximate surface area is 539 Å². The molecule has 93 heavy (non-hydrogen) atoms. The molecule has 4 atom stereocenters. The molecule has 8 heterocycles. The van der Waals surface area contributed by atoms with Crippen LogP contribution >= 0.6 is 0 Å². The van der Waals surface area contributed by atoms with Gasteiger partial charge in [-0.15, -0.1) is 0 Å². The van der Waals surface area contributed by atoms with Crippen molar-refractivity contribution in [2.24, 2.45) is 16.7 Å². The van der Waals surface area contributed by atoms with E-state index in [1.54, 1.807) is 36.7 Å². The van der Waals surface area contributed by atoms with Gasteiger partial charge in [-0.25, -0.2) is 17.6 Å². The van der Waals surface area contributed by atoms with E-state index in [4.69, 9.17) is 33.9 Å².